The van der Waals surface area contributed by atoms with E-state index in [2.05, 4.69) is 4.98 Å². The van der Waals surface area contributed by atoms with E-state index in [1.54, 1.807) is 24.3 Å². The topological polar surface area (TPSA) is 82.0 Å². The minimum atomic E-state index is -0.408. The fourth-order valence-electron chi connectivity index (χ4n) is 2.26. The van der Waals surface area contributed by atoms with E-state index in [-0.39, 0.29) is 5.69 Å². The van der Waals surface area contributed by atoms with E-state index in [4.69, 9.17) is 5.73 Å². The summed E-state index contributed by atoms with van der Waals surface area (Å²) in [6.07, 6.45) is 0. The zero-order chi connectivity index (χ0) is 14.1. The number of pyridine rings is 1. The Labute approximate surface area is 114 Å². The number of anilines is 1. The van der Waals surface area contributed by atoms with Gasteiger partial charge in [0, 0.05) is 11.5 Å². The maximum atomic E-state index is 11.2. The van der Waals surface area contributed by atoms with E-state index >= 15 is 0 Å². The molecule has 0 atom stereocenters. The van der Waals surface area contributed by atoms with Crippen molar-refractivity contribution < 1.29 is 4.92 Å². The standard InChI is InChI=1S/C15H11N3O2/c16-14-9-10-5-1-2-6-11(10)15(17-14)12-7-3-4-8-13(12)18(19)20/h1-9H,(H2,16,17). The molecule has 0 unspecified atom stereocenters. The predicted molar refractivity (Wildman–Crippen MR) is 78.2 cm³/mol. The van der Waals surface area contributed by atoms with Gasteiger partial charge >= 0.3 is 0 Å². The van der Waals surface area contributed by atoms with Crippen molar-refractivity contribution in [1.29, 1.82) is 0 Å². The number of nitrogens with zero attached hydrogens (tertiary/aromatic N) is 2. The van der Waals surface area contributed by atoms with Crippen LogP contribution in [0.1, 0.15) is 0 Å². The van der Waals surface area contributed by atoms with Gasteiger partial charge < -0.3 is 5.73 Å². The van der Waals surface area contributed by atoms with Crippen LogP contribution in [0.2, 0.25) is 0 Å². The van der Waals surface area contributed by atoms with Crippen molar-refractivity contribution in [3.63, 3.8) is 0 Å². The summed E-state index contributed by atoms with van der Waals surface area (Å²) in [5.41, 5.74) is 6.84. The second-order valence-corrected chi connectivity index (χ2v) is 4.39. The zero-order valence-corrected chi connectivity index (χ0v) is 10.5. The second-order valence-electron chi connectivity index (χ2n) is 4.39. The molecular formula is C15H11N3O2. The molecule has 98 valence electrons. The molecule has 0 amide bonds. The number of aromatic nitrogens is 1. The molecule has 0 fully saturated rings. The van der Waals surface area contributed by atoms with Crippen LogP contribution in [-0.2, 0) is 0 Å². The van der Waals surface area contributed by atoms with Gasteiger partial charge in [0.05, 0.1) is 16.2 Å². The molecule has 0 saturated heterocycles. The minimum absolute atomic E-state index is 0.0238. The van der Waals surface area contributed by atoms with Crippen LogP contribution in [-0.4, -0.2) is 9.91 Å². The van der Waals surface area contributed by atoms with Crippen molar-refractivity contribution in [2.24, 2.45) is 0 Å². The molecule has 0 aliphatic carbocycles. The number of para-hydroxylation sites is 1. The van der Waals surface area contributed by atoms with Gasteiger partial charge in [0.25, 0.3) is 5.69 Å². The van der Waals surface area contributed by atoms with Gasteiger partial charge in [-0.1, -0.05) is 36.4 Å². The first kappa shape index (κ1) is 12.1. The van der Waals surface area contributed by atoms with Crippen LogP contribution in [0.25, 0.3) is 22.0 Å². The number of rotatable bonds is 2. The summed E-state index contributed by atoms with van der Waals surface area (Å²) in [7, 11) is 0. The molecule has 0 saturated carbocycles. The number of hydrogen-bond donors (Lipinski definition) is 1. The van der Waals surface area contributed by atoms with E-state index < -0.39 is 4.92 Å². The number of nitro groups is 1. The summed E-state index contributed by atoms with van der Waals surface area (Å²) in [5.74, 6) is 0.344. The minimum Gasteiger partial charge on any atom is -0.384 e. The summed E-state index contributed by atoms with van der Waals surface area (Å²) < 4.78 is 0. The highest BCUT2D eigenvalue weighted by atomic mass is 16.6. The Morgan fingerprint density at radius 2 is 1.75 bits per heavy atom. The Kier molecular flexibility index (Phi) is 2.80. The lowest BCUT2D eigenvalue weighted by Crippen LogP contribution is -1.97. The molecule has 3 rings (SSSR count). The van der Waals surface area contributed by atoms with E-state index in [0.717, 1.165) is 10.8 Å². The molecule has 0 aliphatic heterocycles. The number of hydrogen-bond acceptors (Lipinski definition) is 4. The molecule has 2 aromatic carbocycles. The quantitative estimate of drug-likeness (QED) is 0.568. The molecule has 5 heteroatoms. The van der Waals surface area contributed by atoms with E-state index in [1.165, 1.54) is 6.07 Å². The van der Waals surface area contributed by atoms with Gasteiger partial charge in [-0.25, -0.2) is 4.98 Å². The molecular weight excluding hydrogens is 254 g/mol. The van der Waals surface area contributed by atoms with Crippen LogP contribution in [0.5, 0.6) is 0 Å². The summed E-state index contributed by atoms with van der Waals surface area (Å²) in [5, 5.41) is 12.9. The molecule has 0 spiro atoms. The summed E-state index contributed by atoms with van der Waals surface area (Å²) in [4.78, 5) is 15.0. The molecule has 1 aromatic heterocycles. The fraction of sp³-hybridized carbons (Fsp3) is 0. The highest BCUT2D eigenvalue weighted by molar-refractivity contribution is 5.97. The van der Waals surface area contributed by atoms with E-state index in [9.17, 15) is 10.1 Å². The Bertz CT molecular complexity index is 815. The van der Waals surface area contributed by atoms with Gasteiger partial charge in [-0.3, -0.25) is 10.1 Å². The summed E-state index contributed by atoms with van der Waals surface area (Å²) in [6, 6.07) is 15.9. The first-order chi connectivity index (χ1) is 9.66. The summed E-state index contributed by atoms with van der Waals surface area (Å²) in [6.45, 7) is 0. The average molecular weight is 265 g/mol. The largest absolute Gasteiger partial charge is 0.384 e. The number of nitrogen functional groups attached to an aromatic ring is 1. The lowest BCUT2D eigenvalue weighted by atomic mass is 10.0. The zero-order valence-electron chi connectivity index (χ0n) is 10.5. The molecule has 0 aliphatic rings. The summed E-state index contributed by atoms with van der Waals surface area (Å²) >= 11 is 0. The third kappa shape index (κ3) is 1.95. The van der Waals surface area contributed by atoms with E-state index in [0.29, 0.717) is 17.1 Å². The van der Waals surface area contributed by atoms with Crippen LogP contribution in [0.4, 0.5) is 11.5 Å². The van der Waals surface area contributed by atoms with Crippen molar-refractivity contribution in [2.75, 3.05) is 5.73 Å². The highest BCUT2D eigenvalue weighted by Crippen LogP contribution is 2.33. The Hall–Kier alpha value is -2.95. The van der Waals surface area contributed by atoms with Gasteiger partial charge in [-0.15, -0.1) is 0 Å². The normalized spacial score (nSPS) is 10.6. The van der Waals surface area contributed by atoms with Crippen molar-refractivity contribution in [3.05, 3.63) is 64.7 Å². The van der Waals surface area contributed by atoms with Gasteiger partial charge in [-0.2, -0.15) is 0 Å². The van der Waals surface area contributed by atoms with Crippen LogP contribution in [0.15, 0.2) is 54.6 Å². The molecule has 5 nitrogen and oxygen atoms in total. The van der Waals surface area contributed by atoms with Crippen molar-refractivity contribution in [1.82, 2.24) is 4.98 Å². The SMILES string of the molecule is Nc1cc2ccccc2c(-c2ccccc2[N+](=O)[O-])n1. The molecule has 20 heavy (non-hydrogen) atoms. The van der Waals surface area contributed by atoms with Gasteiger partial charge in [-0.05, 0) is 17.5 Å². The second kappa shape index (κ2) is 4.62. The first-order valence-electron chi connectivity index (χ1n) is 6.06. The number of benzene rings is 2. The maximum absolute atomic E-state index is 11.2. The number of fused-ring (bicyclic) bond motifs is 1. The number of nitro benzene ring substituents is 1. The molecule has 0 bridgehead atoms. The van der Waals surface area contributed by atoms with Gasteiger partial charge in [0.15, 0.2) is 0 Å². The lowest BCUT2D eigenvalue weighted by Gasteiger charge is -2.08. The Morgan fingerprint density at radius 3 is 2.55 bits per heavy atom. The predicted octanol–water partition coefficient (Wildman–Crippen LogP) is 3.39. The smallest absolute Gasteiger partial charge is 0.278 e. The fourth-order valence-corrected chi connectivity index (χ4v) is 2.26. The Balaban J connectivity index is 2.38. The molecule has 2 N–H and O–H groups in total. The average Bonchev–Trinajstić information content (AvgIpc) is 2.46. The molecule has 0 radical (unpaired) electrons. The van der Waals surface area contributed by atoms with Crippen LogP contribution < -0.4 is 5.73 Å². The van der Waals surface area contributed by atoms with Crippen LogP contribution in [0.3, 0.4) is 0 Å². The number of nitrogens with two attached hydrogens (primary N) is 1. The van der Waals surface area contributed by atoms with Crippen LogP contribution >= 0.6 is 0 Å². The monoisotopic (exact) mass is 265 g/mol. The highest BCUT2D eigenvalue weighted by Gasteiger charge is 2.17. The van der Waals surface area contributed by atoms with Crippen molar-refractivity contribution in [3.8, 4) is 11.3 Å². The van der Waals surface area contributed by atoms with Crippen molar-refractivity contribution >= 4 is 22.3 Å². The molecule has 1 heterocycles. The third-order valence-electron chi connectivity index (χ3n) is 3.12. The maximum Gasteiger partial charge on any atom is 0.278 e. The van der Waals surface area contributed by atoms with Crippen molar-refractivity contribution in [2.45, 2.75) is 0 Å². The lowest BCUT2D eigenvalue weighted by molar-refractivity contribution is -0.384. The van der Waals surface area contributed by atoms with Crippen LogP contribution in [0, 0.1) is 10.1 Å². The Morgan fingerprint density at radius 1 is 1.05 bits per heavy atom. The van der Waals surface area contributed by atoms with E-state index in [1.807, 2.05) is 24.3 Å². The molecule has 3 aromatic rings. The first-order valence-corrected chi connectivity index (χ1v) is 6.06. The third-order valence-corrected chi connectivity index (χ3v) is 3.12. The van der Waals surface area contributed by atoms with Gasteiger partial charge in [0.1, 0.15) is 5.82 Å². The van der Waals surface area contributed by atoms with Gasteiger partial charge in [0.2, 0.25) is 0 Å².